The van der Waals surface area contributed by atoms with E-state index in [1.165, 1.54) is 11.8 Å². The van der Waals surface area contributed by atoms with E-state index in [1.807, 2.05) is 49.4 Å². The molecule has 176 valence electrons. The number of aromatic nitrogens is 4. The Morgan fingerprint density at radius 3 is 2.65 bits per heavy atom. The van der Waals surface area contributed by atoms with Crippen molar-refractivity contribution in [2.45, 2.75) is 18.5 Å². The van der Waals surface area contributed by atoms with Crippen molar-refractivity contribution in [1.29, 1.82) is 0 Å². The van der Waals surface area contributed by atoms with E-state index in [-0.39, 0.29) is 11.7 Å². The van der Waals surface area contributed by atoms with Gasteiger partial charge in [-0.05, 0) is 43.2 Å². The van der Waals surface area contributed by atoms with E-state index in [2.05, 4.69) is 30.8 Å². The first kappa shape index (κ1) is 23.4. The highest BCUT2D eigenvalue weighted by Crippen LogP contribution is 2.28. The summed E-state index contributed by atoms with van der Waals surface area (Å²) < 4.78 is 10.7. The van der Waals surface area contributed by atoms with Crippen LogP contribution < -0.4 is 20.1 Å². The van der Waals surface area contributed by atoms with Gasteiger partial charge in [0.2, 0.25) is 5.91 Å². The molecule has 9 nitrogen and oxygen atoms in total. The number of methoxy groups -OCH3 is 2. The SMILES string of the molecule is COc1ccc(CCNc2nc(SCC(=O)Nc3cc(C)[nH]n3)nc3ccccc23)cc1OC. The molecule has 2 heterocycles. The van der Waals surface area contributed by atoms with Gasteiger partial charge in [-0.1, -0.05) is 30.0 Å². The van der Waals surface area contributed by atoms with Gasteiger partial charge in [0.25, 0.3) is 0 Å². The average Bonchev–Trinajstić information content (AvgIpc) is 3.26. The number of carbonyl (C=O) groups excluding carboxylic acids is 1. The van der Waals surface area contributed by atoms with E-state index in [1.54, 1.807) is 20.3 Å². The van der Waals surface area contributed by atoms with Gasteiger partial charge in [0.05, 0.1) is 25.5 Å². The lowest BCUT2D eigenvalue weighted by Crippen LogP contribution is -2.15. The number of amides is 1. The fourth-order valence-electron chi connectivity index (χ4n) is 3.41. The predicted octanol–water partition coefficient (Wildman–Crippen LogP) is 4.06. The fraction of sp³-hybridized carbons (Fsp3) is 0.250. The molecule has 0 aliphatic carbocycles. The zero-order chi connectivity index (χ0) is 23.9. The van der Waals surface area contributed by atoms with Crippen molar-refractivity contribution in [3.63, 3.8) is 0 Å². The van der Waals surface area contributed by atoms with Gasteiger partial charge >= 0.3 is 0 Å². The van der Waals surface area contributed by atoms with Gasteiger partial charge in [-0.3, -0.25) is 9.89 Å². The second-order valence-electron chi connectivity index (χ2n) is 7.51. The molecule has 2 aromatic heterocycles. The lowest BCUT2D eigenvalue weighted by atomic mass is 10.1. The van der Waals surface area contributed by atoms with E-state index in [0.29, 0.717) is 29.0 Å². The number of carbonyl (C=O) groups is 1. The summed E-state index contributed by atoms with van der Waals surface area (Å²) in [5, 5.41) is 14.5. The fourth-order valence-corrected chi connectivity index (χ4v) is 4.06. The summed E-state index contributed by atoms with van der Waals surface area (Å²) in [5.41, 5.74) is 2.81. The summed E-state index contributed by atoms with van der Waals surface area (Å²) in [5.74, 6) is 2.65. The van der Waals surface area contributed by atoms with E-state index < -0.39 is 0 Å². The number of hydrogen-bond donors (Lipinski definition) is 3. The molecule has 0 bridgehead atoms. The molecule has 1 amide bonds. The quantitative estimate of drug-likeness (QED) is 0.231. The Hall–Kier alpha value is -3.79. The Kier molecular flexibility index (Phi) is 7.48. The number of thioether (sulfide) groups is 1. The molecule has 0 aliphatic heterocycles. The van der Waals surface area contributed by atoms with Crippen LogP contribution in [0.5, 0.6) is 11.5 Å². The number of aromatic amines is 1. The minimum atomic E-state index is -0.170. The Morgan fingerprint density at radius 2 is 1.88 bits per heavy atom. The number of H-pyrrole nitrogens is 1. The molecule has 0 saturated heterocycles. The Bertz CT molecular complexity index is 1290. The molecule has 0 atom stereocenters. The van der Waals surface area contributed by atoms with Crippen molar-refractivity contribution < 1.29 is 14.3 Å². The normalized spacial score (nSPS) is 10.8. The monoisotopic (exact) mass is 478 g/mol. The number of benzene rings is 2. The summed E-state index contributed by atoms with van der Waals surface area (Å²) in [7, 11) is 3.25. The lowest BCUT2D eigenvalue weighted by Gasteiger charge is -2.12. The maximum absolute atomic E-state index is 12.3. The molecule has 0 saturated carbocycles. The molecule has 0 aliphatic rings. The highest BCUT2D eigenvalue weighted by atomic mass is 32.2. The Labute approximate surface area is 201 Å². The van der Waals surface area contributed by atoms with Gasteiger partial charge in [-0.25, -0.2) is 9.97 Å². The first-order valence-corrected chi connectivity index (χ1v) is 11.7. The van der Waals surface area contributed by atoms with Gasteiger partial charge in [-0.15, -0.1) is 0 Å². The molecule has 10 heteroatoms. The number of nitrogens with zero attached hydrogens (tertiary/aromatic N) is 3. The third kappa shape index (κ3) is 5.76. The van der Waals surface area contributed by atoms with Crippen LogP contribution in [0.4, 0.5) is 11.6 Å². The van der Waals surface area contributed by atoms with Gasteiger partial charge in [0.15, 0.2) is 22.5 Å². The second kappa shape index (κ2) is 10.9. The number of para-hydroxylation sites is 1. The minimum absolute atomic E-state index is 0.170. The summed E-state index contributed by atoms with van der Waals surface area (Å²) in [6.07, 6.45) is 0.770. The van der Waals surface area contributed by atoms with Crippen LogP contribution in [-0.4, -0.2) is 52.6 Å². The number of nitrogens with one attached hydrogen (secondary N) is 3. The van der Waals surface area contributed by atoms with Crippen LogP contribution >= 0.6 is 11.8 Å². The number of rotatable bonds is 10. The number of fused-ring (bicyclic) bond motifs is 1. The second-order valence-corrected chi connectivity index (χ2v) is 8.45. The van der Waals surface area contributed by atoms with Crippen LogP contribution in [0.2, 0.25) is 0 Å². The molecular formula is C24H26N6O3S. The molecule has 0 fully saturated rings. The van der Waals surface area contributed by atoms with Gasteiger partial charge in [0.1, 0.15) is 5.82 Å². The van der Waals surface area contributed by atoms with Crippen LogP contribution in [0.25, 0.3) is 10.9 Å². The highest BCUT2D eigenvalue weighted by Gasteiger charge is 2.12. The molecular weight excluding hydrogens is 452 g/mol. The number of hydrogen-bond acceptors (Lipinski definition) is 8. The van der Waals surface area contributed by atoms with Crippen molar-refractivity contribution in [3.05, 3.63) is 59.8 Å². The first-order valence-electron chi connectivity index (χ1n) is 10.7. The summed E-state index contributed by atoms with van der Waals surface area (Å²) in [6, 6.07) is 15.5. The average molecular weight is 479 g/mol. The number of anilines is 2. The van der Waals surface area contributed by atoms with E-state index in [0.717, 1.165) is 34.4 Å². The summed E-state index contributed by atoms with van der Waals surface area (Å²) in [4.78, 5) is 21.6. The predicted molar refractivity (Wildman–Crippen MR) is 134 cm³/mol. The van der Waals surface area contributed by atoms with E-state index in [4.69, 9.17) is 9.47 Å². The van der Waals surface area contributed by atoms with Crippen molar-refractivity contribution >= 4 is 40.2 Å². The Balaban J connectivity index is 1.43. The van der Waals surface area contributed by atoms with Crippen LogP contribution in [0, 0.1) is 6.92 Å². The summed E-state index contributed by atoms with van der Waals surface area (Å²) in [6.45, 7) is 2.54. The van der Waals surface area contributed by atoms with Gasteiger partial charge < -0.3 is 20.1 Å². The highest BCUT2D eigenvalue weighted by molar-refractivity contribution is 7.99. The van der Waals surface area contributed by atoms with Crippen LogP contribution in [0.1, 0.15) is 11.3 Å². The zero-order valence-corrected chi connectivity index (χ0v) is 20.0. The molecule has 34 heavy (non-hydrogen) atoms. The van der Waals surface area contributed by atoms with Crippen LogP contribution in [0.15, 0.2) is 53.7 Å². The van der Waals surface area contributed by atoms with Crippen molar-refractivity contribution in [2.24, 2.45) is 0 Å². The van der Waals surface area contributed by atoms with E-state index >= 15 is 0 Å². The smallest absolute Gasteiger partial charge is 0.236 e. The third-order valence-corrected chi connectivity index (χ3v) is 5.89. The van der Waals surface area contributed by atoms with Crippen molar-refractivity contribution in [3.8, 4) is 11.5 Å². The Morgan fingerprint density at radius 1 is 1.06 bits per heavy atom. The number of ether oxygens (including phenoxy) is 2. The topological polar surface area (TPSA) is 114 Å². The molecule has 4 rings (SSSR count). The maximum atomic E-state index is 12.3. The van der Waals surface area contributed by atoms with Gasteiger partial charge in [-0.2, -0.15) is 5.10 Å². The standard InChI is InChI=1S/C24H26N6O3S/c1-15-12-21(30-29-15)27-22(31)14-34-24-26-18-7-5-4-6-17(18)23(28-24)25-11-10-16-8-9-19(32-2)20(13-16)33-3/h4-9,12-13H,10-11,14H2,1-3H3,(H,25,26,28)(H2,27,29,30,31). The molecule has 4 aromatic rings. The van der Waals surface area contributed by atoms with Crippen molar-refractivity contribution in [2.75, 3.05) is 37.2 Å². The molecule has 0 spiro atoms. The lowest BCUT2D eigenvalue weighted by molar-refractivity contribution is -0.113. The third-order valence-electron chi connectivity index (χ3n) is 5.04. The zero-order valence-electron chi connectivity index (χ0n) is 19.2. The first-order chi connectivity index (χ1) is 16.6. The minimum Gasteiger partial charge on any atom is -0.493 e. The van der Waals surface area contributed by atoms with Gasteiger partial charge in [0, 0.05) is 23.7 Å². The molecule has 2 aromatic carbocycles. The van der Waals surface area contributed by atoms with E-state index in [9.17, 15) is 4.79 Å². The maximum Gasteiger partial charge on any atom is 0.236 e. The largest absolute Gasteiger partial charge is 0.493 e. The van der Waals surface area contributed by atoms with Crippen LogP contribution in [0.3, 0.4) is 0 Å². The molecule has 0 radical (unpaired) electrons. The molecule has 3 N–H and O–H groups in total. The van der Waals surface area contributed by atoms with Crippen LogP contribution in [-0.2, 0) is 11.2 Å². The van der Waals surface area contributed by atoms with Crippen molar-refractivity contribution in [1.82, 2.24) is 20.2 Å². The number of aryl methyl sites for hydroxylation is 1. The molecule has 0 unspecified atom stereocenters. The summed E-state index contributed by atoms with van der Waals surface area (Å²) >= 11 is 1.28.